The van der Waals surface area contributed by atoms with Crippen LogP contribution in [0.2, 0.25) is 0 Å². The lowest BCUT2D eigenvalue weighted by atomic mass is 9.64. The Morgan fingerprint density at radius 3 is 2.47 bits per heavy atom. The van der Waals surface area contributed by atoms with Crippen LogP contribution in [-0.2, 0) is 0 Å². The third-order valence-corrected chi connectivity index (χ3v) is 6.39. The van der Waals surface area contributed by atoms with Crippen molar-refractivity contribution >= 4 is 0 Å². The van der Waals surface area contributed by atoms with E-state index >= 15 is 0 Å². The Kier molecular flexibility index (Phi) is 2.00. The van der Waals surface area contributed by atoms with E-state index in [2.05, 4.69) is 39.0 Å². The molecule has 0 heterocycles. The zero-order valence-electron chi connectivity index (χ0n) is 11.3. The van der Waals surface area contributed by atoms with E-state index in [0.717, 1.165) is 47.3 Å². The first-order valence-electron chi connectivity index (χ1n) is 7.56. The van der Waals surface area contributed by atoms with Gasteiger partial charge in [-0.3, -0.25) is 0 Å². The molecule has 17 heavy (non-hydrogen) atoms. The Morgan fingerprint density at radius 2 is 1.82 bits per heavy atom. The molecule has 3 saturated carbocycles. The van der Waals surface area contributed by atoms with E-state index in [1.165, 1.54) is 12.8 Å². The second-order valence-electron chi connectivity index (χ2n) is 7.17. The number of hydrogen-bond acceptors (Lipinski definition) is 0. The molecule has 0 N–H and O–H groups in total. The van der Waals surface area contributed by atoms with Crippen molar-refractivity contribution in [3.8, 4) is 0 Å². The monoisotopic (exact) mass is 228 g/mol. The zero-order chi connectivity index (χ0) is 11.7. The van der Waals surface area contributed by atoms with E-state index in [4.69, 9.17) is 0 Å². The maximum atomic E-state index is 2.55. The van der Waals surface area contributed by atoms with Gasteiger partial charge in [0.05, 0.1) is 0 Å². The number of allylic oxidation sites excluding steroid dienone is 4. The quantitative estimate of drug-likeness (QED) is 0.464. The molecule has 3 fully saturated rings. The van der Waals surface area contributed by atoms with Gasteiger partial charge < -0.3 is 0 Å². The smallest absolute Gasteiger partial charge is 0.0146 e. The van der Waals surface area contributed by atoms with Gasteiger partial charge in [-0.1, -0.05) is 37.6 Å². The van der Waals surface area contributed by atoms with Crippen LogP contribution in [0.4, 0.5) is 0 Å². The molecule has 0 aromatic carbocycles. The standard InChI is InChI=1S/C17H24/c1-4-12-13-8-14(15(12)9(2)3)17-11-6-5-10(7-11)16(13)17/h4-6,9-11,13-17H,7-8H2,1-3H3. The minimum atomic E-state index is 0.847. The van der Waals surface area contributed by atoms with Crippen molar-refractivity contribution < 1.29 is 0 Å². The van der Waals surface area contributed by atoms with Crippen LogP contribution in [0.15, 0.2) is 23.8 Å². The summed E-state index contributed by atoms with van der Waals surface area (Å²) < 4.78 is 0. The molecule has 7 unspecified atom stereocenters. The van der Waals surface area contributed by atoms with E-state index in [1.807, 2.05) is 5.57 Å². The number of fused-ring (bicyclic) bond motifs is 9. The van der Waals surface area contributed by atoms with Crippen LogP contribution in [-0.4, -0.2) is 0 Å². The van der Waals surface area contributed by atoms with Crippen LogP contribution in [0.25, 0.3) is 0 Å². The summed E-state index contributed by atoms with van der Waals surface area (Å²) in [5, 5.41) is 0. The van der Waals surface area contributed by atoms with Crippen LogP contribution in [0, 0.1) is 47.3 Å². The minimum absolute atomic E-state index is 0.847. The highest BCUT2D eigenvalue weighted by molar-refractivity contribution is 5.31. The molecule has 0 heteroatoms. The fraction of sp³-hybridized carbons (Fsp3) is 0.765. The van der Waals surface area contributed by atoms with Gasteiger partial charge in [-0.25, -0.2) is 0 Å². The van der Waals surface area contributed by atoms with E-state index in [9.17, 15) is 0 Å². The van der Waals surface area contributed by atoms with Gasteiger partial charge in [0.1, 0.15) is 0 Å². The van der Waals surface area contributed by atoms with E-state index in [-0.39, 0.29) is 0 Å². The fourth-order valence-corrected chi connectivity index (χ4v) is 6.20. The topological polar surface area (TPSA) is 0 Å². The summed E-state index contributed by atoms with van der Waals surface area (Å²) in [6, 6.07) is 0. The van der Waals surface area contributed by atoms with Crippen LogP contribution >= 0.6 is 0 Å². The number of hydrogen-bond donors (Lipinski definition) is 0. The maximum Gasteiger partial charge on any atom is -0.0146 e. The second kappa shape index (κ2) is 3.28. The summed E-state index contributed by atoms with van der Waals surface area (Å²) in [4.78, 5) is 0. The summed E-state index contributed by atoms with van der Waals surface area (Å²) in [5.41, 5.74) is 1.84. The Hall–Kier alpha value is -0.520. The highest BCUT2D eigenvalue weighted by Crippen LogP contribution is 2.69. The van der Waals surface area contributed by atoms with Crippen molar-refractivity contribution in [3.05, 3.63) is 23.8 Å². The molecule has 92 valence electrons. The van der Waals surface area contributed by atoms with Crippen LogP contribution in [0.1, 0.15) is 33.6 Å². The lowest BCUT2D eigenvalue weighted by Gasteiger charge is -2.40. The molecule has 7 atom stereocenters. The molecule has 0 aromatic heterocycles. The van der Waals surface area contributed by atoms with E-state index in [1.54, 1.807) is 0 Å². The summed E-state index contributed by atoms with van der Waals surface area (Å²) >= 11 is 0. The first-order chi connectivity index (χ1) is 8.22. The van der Waals surface area contributed by atoms with Crippen LogP contribution in [0.5, 0.6) is 0 Å². The van der Waals surface area contributed by atoms with Crippen molar-refractivity contribution in [2.45, 2.75) is 33.6 Å². The molecule has 0 aromatic rings. The van der Waals surface area contributed by atoms with E-state index in [0.29, 0.717) is 0 Å². The molecule has 0 radical (unpaired) electrons. The van der Waals surface area contributed by atoms with Gasteiger partial charge in [0.15, 0.2) is 0 Å². The average molecular weight is 228 g/mol. The van der Waals surface area contributed by atoms with Crippen molar-refractivity contribution in [1.82, 2.24) is 0 Å². The normalized spacial score (nSPS) is 56.5. The Bertz CT molecular complexity index is 400. The molecule has 0 nitrogen and oxygen atoms in total. The summed E-state index contributed by atoms with van der Waals surface area (Å²) in [6.07, 6.45) is 10.6. The van der Waals surface area contributed by atoms with E-state index < -0.39 is 0 Å². The highest BCUT2D eigenvalue weighted by Gasteiger charge is 2.62. The third-order valence-electron chi connectivity index (χ3n) is 6.39. The summed E-state index contributed by atoms with van der Waals surface area (Å²) in [7, 11) is 0. The largest absolute Gasteiger partial charge is 0.0879 e. The lowest BCUT2D eigenvalue weighted by Crippen LogP contribution is -2.34. The van der Waals surface area contributed by atoms with Gasteiger partial charge >= 0.3 is 0 Å². The minimum Gasteiger partial charge on any atom is -0.0879 e. The SMILES string of the molecule is CC=C1C2CC(C1C(C)C)C1C3C=CC(C3)C21. The Labute approximate surface area is 105 Å². The molecular formula is C17H24. The highest BCUT2D eigenvalue weighted by atomic mass is 14.7. The molecule has 4 aliphatic carbocycles. The molecule has 0 aliphatic heterocycles. The average Bonchev–Trinajstić information content (AvgIpc) is 3.03. The van der Waals surface area contributed by atoms with Gasteiger partial charge in [0.25, 0.3) is 0 Å². The Balaban J connectivity index is 1.76. The first kappa shape index (κ1) is 10.4. The Morgan fingerprint density at radius 1 is 1.12 bits per heavy atom. The third kappa shape index (κ3) is 1.10. The molecule has 4 aliphatic rings. The van der Waals surface area contributed by atoms with Crippen molar-refractivity contribution in [1.29, 1.82) is 0 Å². The number of rotatable bonds is 1. The van der Waals surface area contributed by atoms with Crippen LogP contribution < -0.4 is 0 Å². The molecule has 4 rings (SSSR count). The van der Waals surface area contributed by atoms with Gasteiger partial charge in [0, 0.05) is 0 Å². The van der Waals surface area contributed by atoms with Gasteiger partial charge in [-0.05, 0) is 67.1 Å². The van der Waals surface area contributed by atoms with Crippen molar-refractivity contribution in [3.63, 3.8) is 0 Å². The summed E-state index contributed by atoms with van der Waals surface area (Å²) in [5.74, 6) is 7.75. The van der Waals surface area contributed by atoms with Crippen molar-refractivity contribution in [2.24, 2.45) is 47.3 Å². The summed E-state index contributed by atoms with van der Waals surface area (Å²) in [6.45, 7) is 7.16. The molecule has 0 spiro atoms. The molecule has 4 bridgehead atoms. The fourth-order valence-electron chi connectivity index (χ4n) is 6.20. The first-order valence-corrected chi connectivity index (χ1v) is 7.56. The predicted molar refractivity (Wildman–Crippen MR) is 71.4 cm³/mol. The molecule has 0 saturated heterocycles. The van der Waals surface area contributed by atoms with Crippen molar-refractivity contribution in [2.75, 3.05) is 0 Å². The predicted octanol–water partition coefficient (Wildman–Crippen LogP) is 4.29. The van der Waals surface area contributed by atoms with Crippen LogP contribution in [0.3, 0.4) is 0 Å². The molecular weight excluding hydrogens is 204 g/mol. The van der Waals surface area contributed by atoms with Gasteiger partial charge in [-0.15, -0.1) is 0 Å². The molecule has 0 amide bonds. The second-order valence-corrected chi connectivity index (χ2v) is 7.17. The maximum absolute atomic E-state index is 2.55. The van der Waals surface area contributed by atoms with Gasteiger partial charge in [0.2, 0.25) is 0 Å². The lowest BCUT2D eigenvalue weighted by molar-refractivity contribution is 0.166. The zero-order valence-corrected chi connectivity index (χ0v) is 11.3. The van der Waals surface area contributed by atoms with Gasteiger partial charge in [-0.2, -0.15) is 0 Å².